The van der Waals surface area contributed by atoms with Crippen LogP contribution in [0.4, 0.5) is 0 Å². The molecular weight excluding hydrogens is 396 g/mol. The van der Waals surface area contributed by atoms with Crippen molar-refractivity contribution in [2.24, 2.45) is 0 Å². The molecule has 2 aliphatic carbocycles. The third kappa shape index (κ3) is 4.21. The van der Waals surface area contributed by atoms with Gasteiger partial charge >= 0.3 is 0 Å². The Morgan fingerprint density at radius 3 is 2.55 bits per heavy atom. The molecule has 0 spiro atoms. The van der Waals surface area contributed by atoms with Crippen molar-refractivity contribution >= 4 is 11.8 Å². The Labute approximate surface area is 183 Å². The van der Waals surface area contributed by atoms with Gasteiger partial charge in [-0.15, -0.1) is 0 Å². The number of carbonyl (C=O) groups excluding carboxylic acids is 2. The van der Waals surface area contributed by atoms with Crippen LogP contribution in [0.2, 0.25) is 0 Å². The Morgan fingerprint density at radius 1 is 1.16 bits per heavy atom. The highest BCUT2D eigenvalue weighted by atomic mass is 16.5. The molecule has 7 nitrogen and oxygen atoms in total. The zero-order chi connectivity index (χ0) is 22.0. The first-order valence-electron chi connectivity index (χ1n) is 11.4. The maximum atomic E-state index is 13.1. The Morgan fingerprint density at radius 2 is 1.87 bits per heavy atom. The summed E-state index contributed by atoms with van der Waals surface area (Å²) in [5.41, 5.74) is 1.35. The van der Waals surface area contributed by atoms with Crippen molar-refractivity contribution in [3.8, 4) is 5.75 Å². The molecule has 4 atom stereocenters. The highest BCUT2D eigenvalue weighted by Crippen LogP contribution is 2.47. The van der Waals surface area contributed by atoms with Gasteiger partial charge in [0, 0.05) is 30.6 Å². The van der Waals surface area contributed by atoms with Crippen LogP contribution in [0, 0.1) is 0 Å². The third-order valence-electron chi connectivity index (χ3n) is 6.78. The molecule has 1 aromatic carbocycles. The molecule has 1 heterocycles. The number of aliphatic hydroxyl groups is 2. The number of para-hydroxylation sites is 1. The molecule has 0 radical (unpaired) electrons. The standard InChI is InChI=1S/C24H32N2O5/c1-15(28)26(16-8-4-2-3-5-9-16)19-14-18(24(30)25-12-13-27)21-17-10-6-7-11-20(17)31-23(21)22(19)29/h6-7,10-11,14,16,19,21-23,27,29H,2-5,8-9,12-13H2,1H3,(H,25,30). The number of ether oxygens (including phenoxy) is 1. The van der Waals surface area contributed by atoms with Crippen molar-refractivity contribution in [2.75, 3.05) is 13.2 Å². The molecular formula is C24H32N2O5. The van der Waals surface area contributed by atoms with E-state index in [9.17, 15) is 14.7 Å². The van der Waals surface area contributed by atoms with E-state index >= 15 is 0 Å². The van der Waals surface area contributed by atoms with Crippen LogP contribution in [0.5, 0.6) is 5.75 Å². The Kier molecular flexibility index (Phi) is 6.62. The average Bonchev–Trinajstić information content (AvgIpc) is 2.95. The van der Waals surface area contributed by atoms with Gasteiger partial charge in [0.2, 0.25) is 11.8 Å². The zero-order valence-corrected chi connectivity index (χ0v) is 18.0. The SMILES string of the molecule is CC(=O)N(C1CCCCCC1)C1C=C(C(=O)NCCO)C2c3ccccc3OC2C1O. The second-order valence-corrected chi connectivity index (χ2v) is 8.75. The number of aliphatic hydroxyl groups excluding tert-OH is 2. The summed E-state index contributed by atoms with van der Waals surface area (Å²) in [5, 5.41) is 23.3. The molecule has 3 aliphatic rings. The van der Waals surface area contributed by atoms with Gasteiger partial charge in [0.25, 0.3) is 0 Å². The molecule has 0 bridgehead atoms. The van der Waals surface area contributed by atoms with Gasteiger partial charge in [-0.3, -0.25) is 9.59 Å². The molecule has 0 aromatic heterocycles. The minimum Gasteiger partial charge on any atom is -0.486 e. The van der Waals surface area contributed by atoms with Crippen LogP contribution in [0.15, 0.2) is 35.9 Å². The molecule has 2 amide bonds. The van der Waals surface area contributed by atoms with Crippen molar-refractivity contribution in [3.63, 3.8) is 0 Å². The van der Waals surface area contributed by atoms with Gasteiger partial charge in [-0.05, 0) is 25.0 Å². The van der Waals surface area contributed by atoms with Gasteiger partial charge in [-0.25, -0.2) is 0 Å². The second kappa shape index (κ2) is 9.40. The summed E-state index contributed by atoms with van der Waals surface area (Å²) < 4.78 is 6.12. The van der Waals surface area contributed by atoms with Gasteiger partial charge in [-0.1, -0.05) is 43.9 Å². The second-order valence-electron chi connectivity index (χ2n) is 8.75. The third-order valence-corrected chi connectivity index (χ3v) is 6.78. The zero-order valence-electron chi connectivity index (χ0n) is 18.0. The van der Waals surface area contributed by atoms with Crippen LogP contribution in [0.25, 0.3) is 0 Å². The lowest BCUT2D eigenvalue weighted by molar-refractivity contribution is -0.138. The van der Waals surface area contributed by atoms with Crippen molar-refractivity contribution in [2.45, 2.75) is 75.7 Å². The predicted octanol–water partition coefficient (Wildman–Crippen LogP) is 1.88. The maximum absolute atomic E-state index is 13.1. The van der Waals surface area contributed by atoms with Gasteiger partial charge in [0.1, 0.15) is 18.0 Å². The van der Waals surface area contributed by atoms with Crippen molar-refractivity contribution < 1.29 is 24.5 Å². The number of hydrogen-bond acceptors (Lipinski definition) is 5. The molecule has 7 heteroatoms. The molecule has 1 fully saturated rings. The molecule has 1 aromatic rings. The first-order chi connectivity index (χ1) is 15.0. The van der Waals surface area contributed by atoms with E-state index in [0.29, 0.717) is 11.3 Å². The largest absolute Gasteiger partial charge is 0.486 e. The highest BCUT2D eigenvalue weighted by molar-refractivity contribution is 5.96. The fourth-order valence-corrected chi connectivity index (χ4v) is 5.41. The van der Waals surface area contributed by atoms with E-state index in [-0.39, 0.29) is 31.0 Å². The van der Waals surface area contributed by atoms with E-state index in [4.69, 9.17) is 9.84 Å². The summed E-state index contributed by atoms with van der Waals surface area (Å²) in [4.78, 5) is 27.6. The van der Waals surface area contributed by atoms with Crippen molar-refractivity contribution in [3.05, 3.63) is 41.5 Å². The summed E-state index contributed by atoms with van der Waals surface area (Å²) in [6.07, 6.45) is 6.39. The van der Waals surface area contributed by atoms with Crippen molar-refractivity contribution in [1.82, 2.24) is 10.2 Å². The molecule has 1 aliphatic heterocycles. The highest BCUT2D eigenvalue weighted by Gasteiger charge is 2.50. The molecule has 0 saturated heterocycles. The molecule has 168 valence electrons. The number of rotatable bonds is 5. The van der Waals surface area contributed by atoms with Crippen LogP contribution in [-0.2, 0) is 9.59 Å². The van der Waals surface area contributed by atoms with Crippen LogP contribution < -0.4 is 10.1 Å². The number of benzene rings is 1. The van der Waals surface area contributed by atoms with E-state index in [1.54, 1.807) is 11.0 Å². The topological polar surface area (TPSA) is 99.1 Å². The number of nitrogens with one attached hydrogen (secondary N) is 1. The van der Waals surface area contributed by atoms with Gasteiger partial charge in [0.15, 0.2) is 0 Å². The average molecular weight is 429 g/mol. The number of hydrogen-bond donors (Lipinski definition) is 3. The Balaban J connectivity index is 1.73. The molecule has 31 heavy (non-hydrogen) atoms. The van der Waals surface area contributed by atoms with Gasteiger partial charge in [-0.2, -0.15) is 0 Å². The van der Waals surface area contributed by atoms with E-state index in [1.807, 2.05) is 24.3 Å². The molecule has 3 N–H and O–H groups in total. The fraction of sp³-hybridized carbons (Fsp3) is 0.583. The van der Waals surface area contributed by atoms with E-state index in [0.717, 1.165) is 44.1 Å². The van der Waals surface area contributed by atoms with E-state index < -0.39 is 24.2 Å². The number of nitrogens with zero attached hydrogens (tertiary/aromatic N) is 1. The van der Waals surface area contributed by atoms with Crippen molar-refractivity contribution in [1.29, 1.82) is 0 Å². The lowest BCUT2D eigenvalue weighted by atomic mass is 9.77. The Bertz CT molecular complexity index is 846. The van der Waals surface area contributed by atoms with E-state index in [1.165, 1.54) is 6.92 Å². The lowest BCUT2D eigenvalue weighted by Crippen LogP contribution is -2.58. The molecule has 4 rings (SSSR count). The normalized spacial score (nSPS) is 27.9. The smallest absolute Gasteiger partial charge is 0.247 e. The summed E-state index contributed by atoms with van der Waals surface area (Å²) in [6, 6.07) is 6.91. The molecule has 1 saturated carbocycles. The maximum Gasteiger partial charge on any atom is 0.247 e. The summed E-state index contributed by atoms with van der Waals surface area (Å²) in [6.45, 7) is 1.52. The summed E-state index contributed by atoms with van der Waals surface area (Å²) >= 11 is 0. The first kappa shape index (κ1) is 21.8. The number of fused-ring (bicyclic) bond motifs is 3. The monoisotopic (exact) mass is 428 g/mol. The minimum absolute atomic E-state index is 0.0398. The fourth-order valence-electron chi connectivity index (χ4n) is 5.41. The Hall–Kier alpha value is -2.38. The van der Waals surface area contributed by atoms with Crippen LogP contribution in [0.3, 0.4) is 0 Å². The van der Waals surface area contributed by atoms with Crippen LogP contribution >= 0.6 is 0 Å². The van der Waals surface area contributed by atoms with E-state index in [2.05, 4.69) is 5.32 Å². The van der Waals surface area contributed by atoms with Gasteiger partial charge < -0.3 is 25.2 Å². The molecule has 4 unspecified atom stereocenters. The number of amides is 2. The minimum atomic E-state index is -0.945. The van der Waals surface area contributed by atoms with Crippen LogP contribution in [0.1, 0.15) is 56.9 Å². The summed E-state index contributed by atoms with van der Waals surface area (Å²) in [5.74, 6) is -0.159. The predicted molar refractivity (Wildman–Crippen MR) is 116 cm³/mol. The lowest BCUT2D eigenvalue weighted by Gasteiger charge is -2.43. The summed E-state index contributed by atoms with van der Waals surface area (Å²) in [7, 11) is 0. The first-order valence-corrected chi connectivity index (χ1v) is 11.4. The number of carbonyl (C=O) groups is 2. The van der Waals surface area contributed by atoms with Gasteiger partial charge in [0.05, 0.1) is 18.6 Å². The quantitative estimate of drug-likeness (QED) is 0.622. The van der Waals surface area contributed by atoms with Crippen LogP contribution in [-0.4, -0.2) is 64.4 Å².